The van der Waals surface area contributed by atoms with Crippen LogP contribution in [-0.4, -0.2) is 40.5 Å². The summed E-state index contributed by atoms with van der Waals surface area (Å²) < 4.78 is 15.9. The second-order valence-electron chi connectivity index (χ2n) is 5.75. The van der Waals surface area contributed by atoms with E-state index >= 15 is 0 Å². The number of rotatable bonds is 4. The molecule has 1 unspecified atom stereocenters. The molecule has 2 aromatic rings. The Morgan fingerprint density at radius 1 is 1.43 bits per heavy atom. The minimum Gasteiger partial charge on any atom is -0.328 e. The van der Waals surface area contributed by atoms with E-state index in [-0.39, 0.29) is 5.02 Å². The summed E-state index contributed by atoms with van der Waals surface area (Å²) in [7, 11) is 2.13. The average Bonchev–Trinajstić information content (AvgIpc) is 2.97. The number of nitrogens with zero attached hydrogens (tertiary/aromatic N) is 3. The number of benzene rings is 1. The molecule has 1 aliphatic heterocycles. The van der Waals surface area contributed by atoms with Crippen molar-refractivity contribution in [3.05, 3.63) is 28.8 Å². The lowest BCUT2D eigenvalue weighted by molar-refractivity contribution is 0.378. The van der Waals surface area contributed by atoms with Crippen molar-refractivity contribution in [2.45, 2.75) is 19.4 Å². The molecule has 2 heterocycles. The molecule has 1 atom stereocenters. The minimum absolute atomic E-state index is 0.116. The summed E-state index contributed by atoms with van der Waals surface area (Å²) in [6, 6.07) is 3.09. The van der Waals surface area contributed by atoms with E-state index in [4.69, 9.17) is 23.2 Å². The van der Waals surface area contributed by atoms with Crippen LogP contribution in [0.2, 0.25) is 5.02 Å². The molecule has 3 rings (SSSR count). The standard InChI is InChI=1S/C15H18Cl2FN3/c1-20-5-3-10(8-20)9-21-14-7-12(18)11(17)6-13(14)19-15(21)2-4-16/h6-7,10H,2-5,8-9H2,1H3. The van der Waals surface area contributed by atoms with Crippen LogP contribution in [-0.2, 0) is 13.0 Å². The van der Waals surface area contributed by atoms with Crippen LogP contribution in [0.4, 0.5) is 4.39 Å². The van der Waals surface area contributed by atoms with E-state index in [0.29, 0.717) is 18.2 Å². The summed E-state index contributed by atoms with van der Waals surface area (Å²) in [6.45, 7) is 3.03. The predicted molar refractivity (Wildman–Crippen MR) is 84.7 cm³/mol. The third kappa shape index (κ3) is 3.03. The van der Waals surface area contributed by atoms with Gasteiger partial charge in [0.15, 0.2) is 0 Å². The Labute approximate surface area is 133 Å². The second kappa shape index (κ2) is 6.11. The number of likely N-dealkylation sites (tertiary alicyclic amines) is 1. The van der Waals surface area contributed by atoms with Crippen molar-refractivity contribution in [2.24, 2.45) is 5.92 Å². The maximum absolute atomic E-state index is 13.8. The normalized spacial score (nSPS) is 19.7. The Balaban J connectivity index is 2.00. The van der Waals surface area contributed by atoms with Crippen molar-refractivity contribution >= 4 is 34.2 Å². The van der Waals surface area contributed by atoms with Crippen LogP contribution >= 0.6 is 23.2 Å². The Bertz CT molecular complexity index is 656. The predicted octanol–water partition coefficient (Wildman–Crippen LogP) is 3.56. The second-order valence-corrected chi connectivity index (χ2v) is 6.53. The lowest BCUT2D eigenvalue weighted by Gasteiger charge is -2.14. The van der Waals surface area contributed by atoms with E-state index in [9.17, 15) is 4.39 Å². The van der Waals surface area contributed by atoms with Crippen LogP contribution in [0, 0.1) is 11.7 Å². The highest BCUT2D eigenvalue weighted by molar-refractivity contribution is 6.31. The van der Waals surface area contributed by atoms with E-state index in [1.165, 1.54) is 6.07 Å². The first-order chi connectivity index (χ1) is 10.1. The van der Waals surface area contributed by atoms with E-state index in [2.05, 4.69) is 21.5 Å². The van der Waals surface area contributed by atoms with E-state index in [0.717, 1.165) is 42.9 Å². The Morgan fingerprint density at radius 3 is 2.90 bits per heavy atom. The summed E-state index contributed by atoms with van der Waals surface area (Å²) >= 11 is 11.7. The summed E-state index contributed by atoms with van der Waals surface area (Å²) in [5.74, 6) is 1.59. The fourth-order valence-electron chi connectivity index (χ4n) is 3.08. The molecule has 0 saturated carbocycles. The molecule has 0 N–H and O–H groups in total. The molecule has 1 fully saturated rings. The smallest absolute Gasteiger partial charge is 0.144 e. The Kier molecular flexibility index (Phi) is 4.38. The minimum atomic E-state index is -0.397. The lowest BCUT2D eigenvalue weighted by Crippen LogP contribution is -2.18. The molecule has 1 aliphatic rings. The van der Waals surface area contributed by atoms with Gasteiger partial charge in [-0.15, -0.1) is 11.6 Å². The molecule has 0 radical (unpaired) electrons. The molecule has 0 spiro atoms. The molecular formula is C15H18Cl2FN3. The quantitative estimate of drug-likeness (QED) is 0.799. The van der Waals surface area contributed by atoms with Gasteiger partial charge in [0.2, 0.25) is 0 Å². The van der Waals surface area contributed by atoms with Gasteiger partial charge in [0.1, 0.15) is 11.6 Å². The third-order valence-corrected chi connectivity index (χ3v) is 4.60. The highest BCUT2D eigenvalue weighted by atomic mass is 35.5. The first-order valence-corrected chi connectivity index (χ1v) is 8.08. The van der Waals surface area contributed by atoms with Gasteiger partial charge < -0.3 is 9.47 Å². The molecule has 0 bridgehead atoms. The monoisotopic (exact) mass is 329 g/mol. The molecule has 21 heavy (non-hydrogen) atoms. The Hall–Kier alpha value is -0.840. The number of hydrogen-bond donors (Lipinski definition) is 0. The van der Waals surface area contributed by atoms with Gasteiger partial charge in [-0.25, -0.2) is 9.37 Å². The van der Waals surface area contributed by atoms with Crippen molar-refractivity contribution < 1.29 is 4.39 Å². The summed E-state index contributed by atoms with van der Waals surface area (Å²) in [4.78, 5) is 6.90. The van der Waals surface area contributed by atoms with Gasteiger partial charge in [0, 0.05) is 31.5 Å². The largest absolute Gasteiger partial charge is 0.328 e. The number of hydrogen-bond acceptors (Lipinski definition) is 2. The Morgan fingerprint density at radius 2 is 2.24 bits per heavy atom. The first-order valence-electron chi connectivity index (χ1n) is 7.17. The molecule has 0 aliphatic carbocycles. The van der Waals surface area contributed by atoms with Crippen molar-refractivity contribution in [1.82, 2.24) is 14.5 Å². The van der Waals surface area contributed by atoms with E-state index in [1.807, 2.05) is 0 Å². The number of aryl methyl sites for hydroxylation is 1. The average molecular weight is 330 g/mol. The van der Waals surface area contributed by atoms with Gasteiger partial charge in [0.05, 0.1) is 16.1 Å². The van der Waals surface area contributed by atoms with Gasteiger partial charge in [-0.05, 0) is 32.0 Å². The van der Waals surface area contributed by atoms with Gasteiger partial charge >= 0.3 is 0 Å². The number of alkyl halides is 1. The molecule has 0 amide bonds. The molecule has 1 aromatic carbocycles. The van der Waals surface area contributed by atoms with Crippen molar-refractivity contribution in [2.75, 3.05) is 26.0 Å². The highest BCUT2D eigenvalue weighted by Crippen LogP contribution is 2.26. The molecule has 114 valence electrons. The van der Waals surface area contributed by atoms with Gasteiger partial charge in [0.25, 0.3) is 0 Å². The molecular weight excluding hydrogens is 312 g/mol. The maximum atomic E-state index is 13.8. The zero-order chi connectivity index (χ0) is 15.0. The first kappa shape index (κ1) is 15.1. The molecule has 6 heteroatoms. The highest BCUT2D eigenvalue weighted by Gasteiger charge is 2.22. The topological polar surface area (TPSA) is 21.1 Å². The van der Waals surface area contributed by atoms with Crippen LogP contribution in [0.1, 0.15) is 12.2 Å². The van der Waals surface area contributed by atoms with Gasteiger partial charge in [-0.1, -0.05) is 11.6 Å². The molecule has 1 saturated heterocycles. The third-order valence-electron chi connectivity index (χ3n) is 4.12. The van der Waals surface area contributed by atoms with Crippen LogP contribution in [0.3, 0.4) is 0 Å². The number of imidazole rings is 1. The fourth-order valence-corrected chi connectivity index (χ4v) is 3.41. The summed E-state index contributed by atoms with van der Waals surface area (Å²) in [5.41, 5.74) is 1.56. The van der Waals surface area contributed by atoms with Crippen LogP contribution in [0.5, 0.6) is 0 Å². The van der Waals surface area contributed by atoms with E-state index < -0.39 is 5.82 Å². The summed E-state index contributed by atoms with van der Waals surface area (Å²) in [6.07, 6.45) is 1.84. The molecule has 3 nitrogen and oxygen atoms in total. The van der Waals surface area contributed by atoms with Crippen molar-refractivity contribution in [3.8, 4) is 0 Å². The number of halogens is 3. The van der Waals surface area contributed by atoms with Crippen LogP contribution in [0.25, 0.3) is 11.0 Å². The van der Waals surface area contributed by atoms with Crippen LogP contribution < -0.4 is 0 Å². The zero-order valence-corrected chi connectivity index (χ0v) is 13.5. The van der Waals surface area contributed by atoms with Crippen LogP contribution in [0.15, 0.2) is 12.1 Å². The van der Waals surface area contributed by atoms with Crippen molar-refractivity contribution in [3.63, 3.8) is 0 Å². The zero-order valence-electron chi connectivity index (χ0n) is 12.0. The number of aromatic nitrogens is 2. The lowest BCUT2D eigenvalue weighted by atomic mass is 10.1. The van der Waals surface area contributed by atoms with Crippen molar-refractivity contribution in [1.29, 1.82) is 0 Å². The maximum Gasteiger partial charge on any atom is 0.144 e. The van der Waals surface area contributed by atoms with E-state index in [1.54, 1.807) is 6.07 Å². The number of fused-ring (bicyclic) bond motifs is 1. The van der Waals surface area contributed by atoms with Gasteiger partial charge in [-0.3, -0.25) is 0 Å². The summed E-state index contributed by atoms with van der Waals surface area (Å²) in [5, 5.41) is 0.116. The van der Waals surface area contributed by atoms with Gasteiger partial charge in [-0.2, -0.15) is 0 Å². The fraction of sp³-hybridized carbons (Fsp3) is 0.533. The molecule has 1 aromatic heterocycles. The SMILES string of the molecule is CN1CCC(Cn2c(CCCl)nc3cc(Cl)c(F)cc32)C1.